The molecule has 0 saturated heterocycles. The minimum atomic E-state index is -1.07. The number of para-hydroxylation sites is 3. The summed E-state index contributed by atoms with van der Waals surface area (Å²) in [4.78, 5) is 11.6. The fourth-order valence-corrected chi connectivity index (χ4v) is 2.25. The predicted octanol–water partition coefficient (Wildman–Crippen LogP) is 5.14. The van der Waals surface area contributed by atoms with Gasteiger partial charge in [0.25, 0.3) is 0 Å². The summed E-state index contributed by atoms with van der Waals surface area (Å²) in [6.07, 6.45) is -0.403. The Balaban J connectivity index is 0.000000326. The molecule has 3 aromatic carbocycles. The first-order valence-electron chi connectivity index (χ1n) is 7.76. The van der Waals surface area contributed by atoms with Crippen molar-refractivity contribution < 1.29 is 9.90 Å². The maximum Gasteiger partial charge on any atom is 0.317 e. The van der Waals surface area contributed by atoms with Crippen molar-refractivity contribution in [2.75, 3.05) is 4.90 Å². The molecule has 0 unspecified atom stereocenters. The molecule has 0 aliphatic carbocycles. The van der Waals surface area contributed by atoms with Crippen LogP contribution >= 0.6 is 0 Å². The minimum Gasteiger partial charge on any atom is -0.480 e. The molecule has 3 aromatic rings. The zero-order valence-corrected chi connectivity index (χ0v) is 13.6. The highest BCUT2D eigenvalue weighted by Crippen LogP contribution is 2.33. The Kier molecular flexibility index (Phi) is 6.78. The molecule has 0 atom stereocenters. The Morgan fingerprint density at radius 3 is 1.28 bits per heavy atom. The quantitative estimate of drug-likeness (QED) is 0.719. The van der Waals surface area contributed by atoms with Gasteiger partial charge in [0.2, 0.25) is 0 Å². The molecular formula is C21H18N2O2. The van der Waals surface area contributed by atoms with Crippen molar-refractivity contribution in [1.82, 2.24) is 0 Å². The van der Waals surface area contributed by atoms with Crippen LogP contribution in [0.3, 0.4) is 0 Å². The summed E-state index contributed by atoms with van der Waals surface area (Å²) in [5.41, 5.74) is 3.50. The topological polar surface area (TPSA) is 64.3 Å². The summed E-state index contributed by atoms with van der Waals surface area (Å²) in [6.45, 7) is 0. The molecule has 0 radical (unpaired) electrons. The maximum atomic E-state index is 9.38. The third-order valence-corrected chi connectivity index (χ3v) is 3.27. The van der Waals surface area contributed by atoms with Gasteiger partial charge in [0.15, 0.2) is 0 Å². The Hall–Kier alpha value is -3.58. The fourth-order valence-electron chi connectivity index (χ4n) is 2.25. The Bertz CT molecular complexity index is 719. The fraction of sp³-hybridized carbons (Fsp3) is 0.0476. The summed E-state index contributed by atoms with van der Waals surface area (Å²) in [5, 5.41) is 15.3. The van der Waals surface area contributed by atoms with Gasteiger partial charge < -0.3 is 10.0 Å². The average Bonchev–Trinajstić information content (AvgIpc) is 2.65. The molecule has 0 amide bonds. The van der Waals surface area contributed by atoms with Gasteiger partial charge in [-0.2, -0.15) is 5.26 Å². The van der Waals surface area contributed by atoms with Gasteiger partial charge in [-0.3, -0.25) is 4.79 Å². The summed E-state index contributed by atoms with van der Waals surface area (Å²) in [7, 11) is 0. The average molecular weight is 330 g/mol. The molecule has 0 aromatic heterocycles. The van der Waals surface area contributed by atoms with Gasteiger partial charge >= 0.3 is 5.97 Å². The number of hydrogen-bond acceptors (Lipinski definition) is 3. The van der Waals surface area contributed by atoms with Gasteiger partial charge in [0.05, 0.1) is 6.07 Å². The number of hydrogen-bond donors (Lipinski definition) is 1. The van der Waals surface area contributed by atoms with E-state index in [-0.39, 0.29) is 0 Å². The number of rotatable bonds is 4. The smallest absolute Gasteiger partial charge is 0.317 e. The molecule has 0 aliphatic rings. The van der Waals surface area contributed by atoms with Gasteiger partial charge in [-0.25, -0.2) is 0 Å². The van der Waals surface area contributed by atoms with E-state index in [2.05, 4.69) is 77.7 Å². The Morgan fingerprint density at radius 2 is 1.08 bits per heavy atom. The van der Waals surface area contributed by atoms with Crippen molar-refractivity contribution in [3.63, 3.8) is 0 Å². The number of carboxylic acid groups (broad SMARTS) is 1. The highest BCUT2D eigenvalue weighted by atomic mass is 16.4. The molecule has 3 rings (SSSR count). The van der Waals surface area contributed by atoms with Crippen molar-refractivity contribution in [3.8, 4) is 6.07 Å². The molecule has 4 nitrogen and oxygen atoms in total. The second-order valence-corrected chi connectivity index (χ2v) is 5.07. The standard InChI is InChI=1S/C18H15N.C3H3NO2/c1-4-10-16(11-5-1)19(17-12-6-2-7-13-17)18-14-8-3-9-15-18;4-2-1-3(5)6/h1-15H;1H2,(H,5,6). The molecule has 0 heterocycles. The lowest BCUT2D eigenvalue weighted by molar-refractivity contribution is -0.135. The van der Waals surface area contributed by atoms with E-state index >= 15 is 0 Å². The molecule has 4 heteroatoms. The Labute approximate surface area is 147 Å². The van der Waals surface area contributed by atoms with Crippen LogP contribution in [0.5, 0.6) is 0 Å². The van der Waals surface area contributed by atoms with Crippen LogP contribution in [0.4, 0.5) is 17.1 Å². The number of carboxylic acids is 1. The monoisotopic (exact) mass is 330 g/mol. The molecular weight excluding hydrogens is 312 g/mol. The number of carbonyl (C=O) groups is 1. The molecule has 0 saturated carbocycles. The van der Waals surface area contributed by atoms with E-state index in [1.54, 1.807) is 0 Å². The molecule has 124 valence electrons. The molecule has 1 N–H and O–H groups in total. The number of benzene rings is 3. The van der Waals surface area contributed by atoms with Crippen molar-refractivity contribution >= 4 is 23.0 Å². The van der Waals surface area contributed by atoms with Gasteiger partial charge in [-0.05, 0) is 36.4 Å². The minimum absolute atomic E-state index is 0.403. The third-order valence-electron chi connectivity index (χ3n) is 3.27. The summed E-state index contributed by atoms with van der Waals surface area (Å²) >= 11 is 0. The van der Waals surface area contributed by atoms with E-state index in [1.165, 1.54) is 23.1 Å². The van der Waals surface area contributed by atoms with E-state index in [0.717, 1.165) is 0 Å². The van der Waals surface area contributed by atoms with E-state index in [9.17, 15) is 4.79 Å². The van der Waals surface area contributed by atoms with Gasteiger partial charge in [0.1, 0.15) is 6.42 Å². The normalized spacial score (nSPS) is 9.24. The summed E-state index contributed by atoms with van der Waals surface area (Å²) in [6, 6.07) is 32.7. The number of anilines is 3. The molecule has 0 fully saturated rings. The highest BCUT2D eigenvalue weighted by Gasteiger charge is 2.10. The molecule has 0 spiro atoms. The van der Waals surface area contributed by atoms with Crippen LogP contribution in [-0.2, 0) is 4.79 Å². The van der Waals surface area contributed by atoms with Crippen molar-refractivity contribution in [3.05, 3.63) is 91.0 Å². The lowest BCUT2D eigenvalue weighted by Crippen LogP contribution is -2.09. The second-order valence-electron chi connectivity index (χ2n) is 5.07. The first kappa shape index (κ1) is 17.8. The third kappa shape index (κ3) is 5.52. The lowest BCUT2D eigenvalue weighted by atomic mass is 10.2. The zero-order chi connectivity index (χ0) is 17.9. The summed E-state index contributed by atoms with van der Waals surface area (Å²) < 4.78 is 0. The number of aliphatic carboxylic acids is 1. The van der Waals surface area contributed by atoms with Gasteiger partial charge in [-0.15, -0.1) is 0 Å². The SMILES string of the molecule is N#CCC(=O)O.c1ccc(N(c2ccccc2)c2ccccc2)cc1. The van der Waals surface area contributed by atoms with Crippen molar-refractivity contribution in [2.24, 2.45) is 0 Å². The molecule has 0 bridgehead atoms. The Morgan fingerprint density at radius 1 is 0.760 bits per heavy atom. The predicted molar refractivity (Wildman–Crippen MR) is 99.0 cm³/mol. The molecule has 0 aliphatic heterocycles. The van der Waals surface area contributed by atoms with E-state index in [4.69, 9.17) is 10.4 Å². The second kappa shape index (κ2) is 9.53. The van der Waals surface area contributed by atoms with Crippen molar-refractivity contribution in [2.45, 2.75) is 6.42 Å². The van der Waals surface area contributed by atoms with Crippen LogP contribution in [0.1, 0.15) is 6.42 Å². The zero-order valence-electron chi connectivity index (χ0n) is 13.6. The van der Waals surface area contributed by atoms with Crippen LogP contribution < -0.4 is 4.90 Å². The van der Waals surface area contributed by atoms with Crippen LogP contribution in [0.15, 0.2) is 91.0 Å². The largest absolute Gasteiger partial charge is 0.480 e. The van der Waals surface area contributed by atoms with Crippen LogP contribution in [0, 0.1) is 11.3 Å². The van der Waals surface area contributed by atoms with Crippen LogP contribution in [0.2, 0.25) is 0 Å². The highest BCUT2D eigenvalue weighted by molar-refractivity contribution is 5.76. The van der Waals surface area contributed by atoms with Gasteiger partial charge in [0, 0.05) is 17.1 Å². The van der Waals surface area contributed by atoms with Crippen LogP contribution in [-0.4, -0.2) is 11.1 Å². The van der Waals surface area contributed by atoms with Crippen molar-refractivity contribution in [1.29, 1.82) is 5.26 Å². The number of nitrogens with zero attached hydrogens (tertiary/aromatic N) is 2. The van der Waals surface area contributed by atoms with Gasteiger partial charge in [-0.1, -0.05) is 54.6 Å². The van der Waals surface area contributed by atoms with E-state index in [1.807, 2.05) is 18.2 Å². The van der Waals surface area contributed by atoms with Crippen LogP contribution in [0.25, 0.3) is 0 Å². The first-order chi connectivity index (χ1) is 12.2. The summed E-state index contributed by atoms with van der Waals surface area (Å²) in [5.74, 6) is -1.07. The van der Waals surface area contributed by atoms with E-state index in [0.29, 0.717) is 0 Å². The number of nitriles is 1. The molecule has 25 heavy (non-hydrogen) atoms. The lowest BCUT2D eigenvalue weighted by Gasteiger charge is -2.25. The van der Waals surface area contributed by atoms with E-state index < -0.39 is 12.4 Å². The first-order valence-corrected chi connectivity index (χ1v) is 7.76. The maximum absolute atomic E-state index is 9.38.